The van der Waals surface area contributed by atoms with Crippen LogP contribution in [0.25, 0.3) is 0 Å². The fraction of sp³-hybridized carbons (Fsp3) is 0.500. The average molecular weight is 251 g/mol. The zero-order chi connectivity index (χ0) is 13.1. The molecule has 1 fully saturated rings. The molecule has 2 atom stereocenters. The Bertz CT molecular complexity index is 444. The van der Waals surface area contributed by atoms with Gasteiger partial charge in [-0.3, -0.25) is 10.1 Å². The van der Waals surface area contributed by atoms with Crippen molar-refractivity contribution >= 4 is 17.1 Å². The summed E-state index contributed by atoms with van der Waals surface area (Å²) in [6.07, 6.45) is 0.976. The van der Waals surface area contributed by atoms with Crippen molar-refractivity contribution in [3.63, 3.8) is 0 Å². The van der Waals surface area contributed by atoms with E-state index in [-0.39, 0.29) is 17.4 Å². The van der Waals surface area contributed by atoms with Crippen LogP contribution in [-0.4, -0.2) is 24.2 Å². The number of hydrogen-bond acceptors (Lipinski definition) is 5. The molecule has 3 N–H and O–H groups in total. The van der Waals surface area contributed by atoms with Gasteiger partial charge in [0.05, 0.1) is 11.5 Å². The van der Waals surface area contributed by atoms with Gasteiger partial charge in [0, 0.05) is 18.6 Å². The van der Waals surface area contributed by atoms with E-state index in [2.05, 4.69) is 5.32 Å². The fourth-order valence-corrected chi connectivity index (χ4v) is 2.19. The Kier molecular flexibility index (Phi) is 3.66. The molecule has 0 radical (unpaired) electrons. The van der Waals surface area contributed by atoms with E-state index >= 15 is 0 Å². The van der Waals surface area contributed by atoms with Crippen LogP contribution in [0, 0.1) is 16.0 Å². The summed E-state index contributed by atoms with van der Waals surface area (Å²) in [6, 6.07) is 5.05. The lowest BCUT2D eigenvalue weighted by molar-refractivity contribution is -0.383. The molecule has 1 aromatic carbocycles. The summed E-state index contributed by atoms with van der Waals surface area (Å²) in [5, 5.41) is 14.2. The summed E-state index contributed by atoms with van der Waals surface area (Å²) in [5.41, 5.74) is 6.24. The maximum atomic E-state index is 11.0. The molecule has 0 spiro atoms. The van der Waals surface area contributed by atoms with Crippen LogP contribution < -0.4 is 11.1 Å². The Morgan fingerprint density at radius 3 is 3.00 bits per heavy atom. The number of para-hydroxylation sites is 1. The molecule has 1 aromatic rings. The van der Waals surface area contributed by atoms with E-state index < -0.39 is 4.92 Å². The molecular formula is C12H17N3O3. The number of nitrogens with zero attached hydrogens (tertiary/aromatic N) is 1. The minimum Gasteiger partial charge on any atom is -0.393 e. The summed E-state index contributed by atoms with van der Waals surface area (Å²) in [7, 11) is 0. The lowest BCUT2D eigenvalue weighted by Crippen LogP contribution is -2.26. The minimum atomic E-state index is -0.449. The fourth-order valence-electron chi connectivity index (χ4n) is 2.19. The highest BCUT2D eigenvalue weighted by molar-refractivity contribution is 5.74. The number of benzene rings is 1. The predicted molar refractivity (Wildman–Crippen MR) is 69.5 cm³/mol. The SMILES string of the molecule is CC(Nc1cccc(N)c1[N+](=O)[O-])C1CCOC1. The van der Waals surface area contributed by atoms with Gasteiger partial charge in [0.1, 0.15) is 11.4 Å². The highest BCUT2D eigenvalue weighted by Crippen LogP contribution is 2.32. The van der Waals surface area contributed by atoms with Gasteiger partial charge in [-0.1, -0.05) is 6.07 Å². The number of nitrogen functional groups attached to an aromatic ring is 1. The lowest BCUT2D eigenvalue weighted by Gasteiger charge is -2.20. The van der Waals surface area contributed by atoms with E-state index in [1.165, 1.54) is 6.07 Å². The first-order valence-electron chi connectivity index (χ1n) is 5.96. The van der Waals surface area contributed by atoms with Gasteiger partial charge >= 0.3 is 5.69 Å². The summed E-state index contributed by atoms with van der Waals surface area (Å²) in [6.45, 7) is 3.46. The van der Waals surface area contributed by atoms with Gasteiger partial charge in [-0.25, -0.2) is 0 Å². The van der Waals surface area contributed by atoms with E-state index in [1.807, 2.05) is 6.92 Å². The van der Waals surface area contributed by atoms with Crippen molar-refractivity contribution in [2.24, 2.45) is 5.92 Å². The number of rotatable bonds is 4. The number of ether oxygens (including phenoxy) is 1. The van der Waals surface area contributed by atoms with Crippen LogP contribution >= 0.6 is 0 Å². The third-order valence-electron chi connectivity index (χ3n) is 3.30. The maximum Gasteiger partial charge on any atom is 0.314 e. The van der Waals surface area contributed by atoms with Gasteiger partial charge < -0.3 is 15.8 Å². The number of anilines is 2. The number of nitro groups is 1. The van der Waals surface area contributed by atoms with E-state index in [1.54, 1.807) is 12.1 Å². The number of nitro benzene ring substituents is 1. The zero-order valence-electron chi connectivity index (χ0n) is 10.3. The Hall–Kier alpha value is -1.82. The van der Waals surface area contributed by atoms with Crippen LogP contribution in [0.4, 0.5) is 17.1 Å². The highest BCUT2D eigenvalue weighted by Gasteiger charge is 2.25. The van der Waals surface area contributed by atoms with Gasteiger partial charge in [-0.2, -0.15) is 0 Å². The molecule has 1 aliphatic heterocycles. The summed E-state index contributed by atoms with van der Waals surface area (Å²) < 4.78 is 5.32. The average Bonchev–Trinajstić information content (AvgIpc) is 2.81. The van der Waals surface area contributed by atoms with Crippen molar-refractivity contribution in [1.82, 2.24) is 0 Å². The Morgan fingerprint density at radius 1 is 1.61 bits per heavy atom. The van der Waals surface area contributed by atoms with Crippen molar-refractivity contribution in [2.45, 2.75) is 19.4 Å². The molecule has 2 unspecified atom stereocenters. The number of nitrogens with two attached hydrogens (primary N) is 1. The summed E-state index contributed by atoms with van der Waals surface area (Å²) in [4.78, 5) is 10.6. The highest BCUT2D eigenvalue weighted by atomic mass is 16.6. The van der Waals surface area contributed by atoms with Crippen molar-refractivity contribution in [3.05, 3.63) is 28.3 Å². The molecule has 98 valence electrons. The maximum absolute atomic E-state index is 11.0. The molecule has 1 aliphatic rings. The van der Waals surface area contributed by atoms with Gasteiger partial charge in [0.15, 0.2) is 0 Å². The first kappa shape index (κ1) is 12.6. The molecule has 6 nitrogen and oxygen atoms in total. The van der Waals surface area contributed by atoms with E-state index in [0.717, 1.165) is 13.0 Å². The lowest BCUT2D eigenvalue weighted by atomic mass is 10.0. The first-order valence-corrected chi connectivity index (χ1v) is 5.96. The van der Waals surface area contributed by atoms with Crippen molar-refractivity contribution in [3.8, 4) is 0 Å². The largest absolute Gasteiger partial charge is 0.393 e. The minimum absolute atomic E-state index is 0.0525. The number of nitrogens with one attached hydrogen (secondary N) is 1. The first-order chi connectivity index (χ1) is 8.59. The van der Waals surface area contributed by atoms with Crippen molar-refractivity contribution < 1.29 is 9.66 Å². The van der Waals surface area contributed by atoms with Gasteiger partial charge in [-0.15, -0.1) is 0 Å². The second-order valence-electron chi connectivity index (χ2n) is 4.56. The Balaban J connectivity index is 2.17. The second-order valence-corrected chi connectivity index (χ2v) is 4.56. The third kappa shape index (κ3) is 2.53. The Morgan fingerprint density at radius 2 is 2.39 bits per heavy atom. The molecule has 0 bridgehead atoms. The molecule has 18 heavy (non-hydrogen) atoms. The second kappa shape index (κ2) is 5.22. The molecule has 0 saturated carbocycles. The topological polar surface area (TPSA) is 90.4 Å². The van der Waals surface area contributed by atoms with Crippen LogP contribution in [0.5, 0.6) is 0 Å². The van der Waals surface area contributed by atoms with Crippen LogP contribution in [0.2, 0.25) is 0 Å². The molecule has 0 aliphatic carbocycles. The third-order valence-corrected chi connectivity index (χ3v) is 3.30. The van der Waals surface area contributed by atoms with Gasteiger partial charge in [0.25, 0.3) is 0 Å². The zero-order valence-corrected chi connectivity index (χ0v) is 10.3. The molecule has 1 heterocycles. The van der Waals surface area contributed by atoms with E-state index in [9.17, 15) is 10.1 Å². The van der Waals surface area contributed by atoms with E-state index in [0.29, 0.717) is 18.2 Å². The standard InChI is InChI=1S/C12H17N3O3/c1-8(9-5-6-18-7-9)14-11-4-2-3-10(13)12(11)15(16)17/h2-4,8-9,14H,5-7,13H2,1H3. The smallest absolute Gasteiger partial charge is 0.314 e. The molecular weight excluding hydrogens is 234 g/mol. The van der Waals surface area contributed by atoms with Gasteiger partial charge in [-0.05, 0) is 25.5 Å². The molecule has 2 rings (SSSR count). The quantitative estimate of drug-likeness (QED) is 0.485. The van der Waals surface area contributed by atoms with Gasteiger partial charge in [0.2, 0.25) is 0 Å². The molecule has 6 heteroatoms. The van der Waals surface area contributed by atoms with Crippen LogP contribution in [-0.2, 0) is 4.74 Å². The summed E-state index contributed by atoms with van der Waals surface area (Å²) in [5.74, 6) is 0.381. The Labute approximate surface area is 105 Å². The van der Waals surface area contributed by atoms with Crippen molar-refractivity contribution in [1.29, 1.82) is 0 Å². The normalized spacial score (nSPS) is 20.6. The molecule has 0 aromatic heterocycles. The predicted octanol–water partition coefficient (Wildman–Crippen LogP) is 2.01. The molecule has 0 amide bonds. The summed E-state index contributed by atoms with van der Waals surface area (Å²) >= 11 is 0. The van der Waals surface area contributed by atoms with Crippen LogP contribution in [0.1, 0.15) is 13.3 Å². The van der Waals surface area contributed by atoms with Crippen LogP contribution in [0.15, 0.2) is 18.2 Å². The van der Waals surface area contributed by atoms with Crippen molar-refractivity contribution in [2.75, 3.05) is 24.3 Å². The monoisotopic (exact) mass is 251 g/mol. The van der Waals surface area contributed by atoms with E-state index in [4.69, 9.17) is 10.5 Å². The molecule has 1 saturated heterocycles. The number of hydrogen-bond donors (Lipinski definition) is 2. The van der Waals surface area contributed by atoms with Crippen LogP contribution in [0.3, 0.4) is 0 Å².